The van der Waals surface area contributed by atoms with Crippen molar-refractivity contribution in [3.63, 3.8) is 0 Å². The maximum atomic E-state index is 6.25. The molecule has 0 spiro atoms. The summed E-state index contributed by atoms with van der Waals surface area (Å²) in [6.07, 6.45) is 5.43. The van der Waals surface area contributed by atoms with E-state index in [0.717, 1.165) is 41.5 Å². The second-order valence-electron chi connectivity index (χ2n) is 5.01. The average molecular weight is 337 g/mol. The second-order valence-corrected chi connectivity index (χ2v) is 5.80. The lowest BCUT2D eigenvalue weighted by atomic mass is 10.0. The second kappa shape index (κ2) is 6.99. The molecule has 0 aliphatic rings. The molecule has 0 aromatic carbocycles. The van der Waals surface area contributed by atoms with Gasteiger partial charge >= 0.3 is 0 Å². The molecule has 1 atom stereocenters. The van der Waals surface area contributed by atoms with Crippen LogP contribution in [0.4, 0.5) is 0 Å². The molecule has 0 radical (unpaired) electrons. The van der Waals surface area contributed by atoms with E-state index >= 15 is 0 Å². The number of hydrogen-bond acceptors (Lipinski definition) is 3. The summed E-state index contributed by atoms with van der Waals surface area (Å²) in [4.78, 5) is 4.33. The molecule has 1 unspecified atom stereocenters. The van der Waals surface area contributed by atoms with Crippen molar-refractivity contribution < 1.29 is 0 Å². The van der Waals surface area contributed by atoms with Gasteiger partial charge in [0, 0.05) is 31.4 Å². The Hall–Kier alpha value is -1.20. The van der Waals surface area contributed by atoms with Gasteiger partial charge in [0.25, 0.3) is 0 Å². The first-order valence-electron chi connectivity index (χ1n) is 6.97. The molecular formula is C15H21BrN4. The van der Waals surface area contributed by atoms with Gasteiger partial charge in [0.1, 0.15) is 0 Å². The van der Waals surface area contributed by atoms with E-state index in [1.807, 2.05) is 36.1 Å². The number of halogens is 1. The average Bonchev–Trinajstić information content (AvgIpc) is 2.73. The molecule has 4 nitrogen and oxygen atoms in total. The monoisotopic (exact) mass is 336 g/mol. The fourth-order valence-electron chi connectivity index (χ4n) is 2.27. The number of pyridine rings is 1. The SMILES string of the molecule is CCc1nn(C)c(CC(N)CCc2ccccn2)c1Br. The third-order valence-electron chi connectivity index (χ3n) is 3.46. The minimum absolute atomic E-state index is 0.119. The zero-order valence-electron chi connectivity index (χ0n) is 12.0. The quantitative estimate of drug-likeness (QED) is 0.882. The van der Waals surface area contributed by atoms with Gasteiger partial charge in [0.2, 0.25) is 0 Å². The van der Waals surface area contributed by atoms with E-state index in [0.29, 0.717) is 0 Å². The number of aromatic nitrogens is 3. The highest BCUT2D eigenvalue weighted by Gasteiger charge is 2.15. The van der Waals surface area contributed by atoms with Gasteiger partial charge in [-0.05, 0) is 47.3 Å². The molecule has 0 bridgehead atoms. The van der Waals surface area contributed by atoms with Crippen molar-refractivity contribution in [3.05, 3.63) is 46.0 Å². The lowest BCUT2D eigenvalue weighted by Crippen LogP contribution is -2.25. The lowest BCUT2D eigenvalue weighted by molar-refractivity contribution is 0.573. The van der Waals surface area contributed by atoms with Gasteiger partial charge in [0.05, 0.1) is 15.9 Å². The number of nitrogens with zero attached hydrogens (tertiary/aromatic N) is 3. The highest BCUT2D eigenvalue weighted by molar-refractivity contribution is 9.10. The van der Waals surface area contributed by atoms with Gasteiger partial charge in [-0.15, -0.1) is 0 Å². The van der Waals surface area contributed by atoms with Crippen LogP contribution in [-0.2, 0) is 26.3 Å². The molecule has 108 valence electrons. The van der Waals surface area contributed by atoms with E-state index in [4.69, 9.17) is 5.73 Å². The predicted molar refractivity (Wildman–Crippen MR) is 84.5 cm³/mol. The summed E-state index contributed by atoms with van der Waals surface area (Å²) in [5.74, 6) is 0. The third-order valence-corrected chi connectivity index (χ3v) is 4.37. The van der Waals surface area contributed by atoms with Crippen molar-refractivity contribution in [2.24, 2.45) is 12.8 Å². The van der Waals surface area contributed by atoms with Crippen molar-refractivity contribution in [1.82, 2.24) is 14.8 Å². The summed E-state index contributed by atoms with van der Waals surface area (Å²) in [5.41, 5.74) is 9.62. The van der Waals surface area contributed by atoms with Crippen LogP contribution in [0.15, 0.2) is 28.9 Å². The van der Waals surface area contributed by atoms with E-state index in [9.17, 15) is 0 Å². The number of rotatable bonds is 6. The van der Waals surface area contributed by atoms with Crippen LogP contribution in [0.1, 0.15) is 30.4 Å². The van der Waals surface area contributed by atoms with E-state index in [1.54, 1.807) is 0 Å². The van der Waals surface area contributed by atoms with Gasteiger partial charge in [-0.2, -0.15) is 5.10 Å². The number of aryl methyl sites for hydroxylation is 3. The van der Waals surface area contributed by atoms with Crippen LogP contribution in [0.2, 0.25) is 0 Å². The summed E-state index contributed by atoms with van der Waals surface area (Å²) in [6, 6.07) is 6.11. The molecule has 2 N–H and O–H groups in total. The van der Waals surface area contributed by atoms with Crippen LogP contribution in [0.3, 0.4) is 0 Å². The Kier molecular flexibility index (Phi) is 5.31. The van der Waals surface area contributed by atoms with Crippen molar-refractivity contribution in [3.8, 4) is 0 Å². The van der Waals surface area contributed by atoms with Gasteiger partial charge < -0.3 is 5.73 Å². The van der Waals surface area contributed by atoms with Crippen LogP contribution in [0.25, 0.3) is 0 Å². The molecule has 0 aliphatic carbocycles. The molecule has 0 amide bonds. The van der Waals surface area contributed by atoms with Crippen LogP contribution >= 0.6 is 15.9 Å². The Morgan fingerprint density at radius 2 is 2.20 bits per heavy atom. The van der Waals surface area contributed by atoms with Crippen LogP contribution in [0, 0.1) is 0 Å². The maximum absolute atomic E-state index is 6.25. The fraction of sp³-hybridized carbons (Fsp3) is 0.467. The molecule has 2 rings (SSSR count). The van der Waals surface area contributed by atoms with Crippen molar-refractivity contribution in [2.45, 2.75) is 38.6 Å². The Balaban J connectivity index is 1.95. The molecule has 0 fully saturated rings. The first kappa shape index (κ1) is 15.2. The zero-order chi connectivity index (χ0) is 14.5. The first-order valence-corrected chi connectivity index (χ1v) is 7.76. The molecule has 0 saturated heterocycles. The van der Waals surface area contributed by atoms with Crippen molar-refractivity contribution in [1.29, 1.82) is 0 Å². The largest absolute Gasteiger partial charge is 0.327 e. The van der Waals surface area contributed by atoms with Crippen LogP contribution in [-0.4, -0.2) is 20.8 Å². The predicted octanol–water partition coefficient (Wildman–Crippen LogP) is 2.64. The van der Waals surface area contributed by atoms with Crippen molar-refractivity contribution in [2.75, 3.05) is 0 Å². The number of hydrogen-bond donors (Lipinski definition) is 1. The summed E-state index contributed by atoms with van der Waals surface area (Å²) in [5, 5.41) is 4.50. The maximum Gasteiger partial charge on any atom is 0.0766 e. The topological polar surface area (TPSA) is 56.7 Å². The van der Waals surface area contributed by atoms with Gasteiger partial charge in [-0.3, -0.25) is 9.67 Å². The fourth-order valence-corrected chi connectivity index (χ4v) is 3.05. The van der Waals surface area contributed by atoms with E-state index in [1.165, 1.54) is 5.69 Å². The Morgan fingerprint density at radius 1 is 1.40 bits per heavy atom. The highest BCUT2D eigenvalue weighted by atomic mass is 79.9. The molecule has 0 saturated carbocycles. The van der Waals surface area contributed by atoms with Crippen LogP contribution < -0.4 is 5.73 Å². The Labute approximate surface area is 128 Å². The minimum atomic E-state index is 0.119. The molecule has 2 heterocycles. The van der Waals surface area contributed by atoms with Crippen molar-refractivity contribution >= 4 is 15.9 Å². The summed E-state index contributed by atoms with van der Waals surface area (Å²) >= 11 is 3.64. The van der Waals surface area contributed by atoms with E-state index in [2.05, 4.69) is 32.9 Å². The van der Waals surface area contributed by atoms with E-state index in [-0.39, 0.29) is 6.04 Å². The third kappa shape index (κ3) is 3.67. The highest BCUT2D eigenvalue weighted by Crippen LogP contribution is 2.23. The minimum Gasteiger partial charge on any atom is -0.327 e. The molecular weight excluding hydrogens is 316 g/mol. The smallest absolute Gasteiger partial charge is 0.0766 e. The zero-order valence-corrected chi connectivity index (χ0v) is 13.6. The van der Waals surface area contributed by atoms with Gasteiger partial charge in [-0.25, -0.2) is 0 Å². The molecule has 20 heavy (non-hydrogen) atoms. The molecule has 2 aromatic heterocycles. The standard InChI is InChI=1S/C15H21BrN4/c1-3-13-15(16)14(20(2)19-13)10-11(17)7-8-12-6-4-5-9-18-12/h4-6,9,11H,3,7-8,10,17H2,1-2H3. The molecule has 2 aromatic rings. The first-order chi connectivity index (χ1) is 9.61. The van der Waals surface area contributed by atoms with Gasteiger partial charge in [0.15, 0.2) is 0 Å². The van der Waals surface area contributed by atoms with E-state index < -0.39 is 0 Å². The summed E-state index contributed by atoms with van der Waals surface area (Å²) in [7, 11) is 1.98. The van der Waals surface area contributed by atoms with Gasteiger partial charge in [-0.1, -0.05) is 13.0 Å². The summed E-state index contributed by atoms with van der Waals surface area (Å²) < 4.78 is 3.04. The molecule has 0 aliphatic heterocycles. The normalized spacial score (nSPS) is 12.6. The van der Waals surface area contributed by atoms with Crippen LogP contribution in [0.5, 0.6) is 0 Å². The Bertz CT molecular complexity index is 551. The number of nitrogens with two attached hydrogens (primary N) is 1. The molecule has 5 heteroatoms. The Morgan fingerprint density at radius 3 is 2.80 bits per heavy atom. The lowest BCUT2D eigenvalue weighted by Gasteiger charge is -2.12. The summed E-state index contributed by atoms with van der Waals surface area (Å²) in [6.45, 7) is 2.11.